The van der Waals surface area contributed by atoms with Crippen molar-refractivity contribution >= 4 is 16.5 Å². The average molecular weight is 343 g/mol. The summed E-state index contributed by atoms with van der Waals surface area (Å²) in [5.74, 6) is 0. The van der Waals surface area contributed by atoms with Gasteiger partial charge in [0.25, 0.3) is 5.19 Å². The second-order valence-corrected chi connectivity index (χ2v) is 7.08. The van der Waals surface area contributed by atoms with Gasteiger partial charge in [0.15, 0.2) is 6.17 Å². The fraction of sp³-hybridized carbons (Fsp3) is 0.857. The molecule has 9 heteroatoms. The molecule has 0 N–H and O–H groups in total. The summed E-state index contributed by atoms with van der Waals surface area (Å²) in [4.78, 5) is 4.28. The highest BCUT2D eigenvalue weighted by atomic mass is 32.1. The molecule has 0 spiro atoms. The lowest BCUT2D eigenvalue weighted by Crippen LogP contribution is -2.59. The van der Waals surface area contributed by atoms with Crippen LogP contribution in [0.15, 0.2) is 0 Å². The van der Waals surface area contributed by atoms with Gasteiger partial charge in [0, 0.05) is 24.4 Å². The van der Waals surface area contributed by atoms with Gasteiger partial charge in [-0.15, -0.1) is 0 Å². The molecule has 2 unspecified atom stereocenters. The molecule has 1 aromatic heterocycles. The van der Waals surface area contributed by atoms with Crippen molar-refractivity contribution in [3.05, 3.63) is 5.21 Å². The van der Waals surface area contributed by atoms with Gasteiger partial charge in [-0.2, -0.15) is 0 Å². The van der Waals surface area contributed by atoms with E-state index >= 15 is 0 Å². The zero-order chi connectivity index (χ0) is 16.3. The van der Waals surface area contributed by atoms with Crippen LogP contribution in [0.3, 0.4) is 0 Å². The fourth-order valence-electron chi connectivity index (χ4n) is 3.08. The van der Waals surface area contributed by atoms with Crippen LogP contribution in [-0.2, 0) is 4.74 Å². The number of rotatable bonds is 6. The summed E-state index contributed by atoms with van der Waals surface area (Å²) in [5.41, 5.74) is 0. The van der Waals surface area contributed by atoms with Crippen molar-refractivity contribution in [2.75, 3.05) is 53.2 Å². The number of aromatic nitrogens is 2. The Hall–Kier alpha value is -0.840. The predicted molar refractivity (Wildman–Crippen MR) is 89.2 cm³/mol. The molecule has 0 saturated carbocycles. The number of likely N-dealkylation sites (N-methyl/N-ethyl adjacent to an activating group) is 1. The Morgan fingerprint density at radius 1 is 1.39 bits per heavy atom. The minimum absolute atomic E-state index is 0.152. The maximum atomic E-state index is 13.6. The van der Waals surface area contributed by atoms with Crippen LogP contribution >= 0.6 is 11.3 Å². The van der Waals surface area contributed by atoms with Crippen molar-refractivity contribution in [1.82, 2.24) is 24.6 Å². The van der Waals surface area contributed by atoms with E-state index in [4.69, 9.17) is 9.47 Å². The Morgan fingerprint density at radius 2 is 2.17 bits per heavy atom. The highest BCUT2D eigenvalue weighted by molar-refractivity contribution is 7.16. The first-order valence-electron chi connectivity index (χ1n) is 8.19. The Balaban J connectivity index is 1.74. The van der Waals surface area contributed by atoms with E-state index < -0.39 is 4.65 Å². The lowest BCUT2D eigenvalue weighted by atomic mass is 10.3. The minimum atomic E-state index is -0.467. The van der Waals surface area contributed by atoms with E-state index in [0.29, 0.717) is 36.8 Å². The van der Waals surface area contributed by atoms with E-state index in [0.717, 1.165) is 32.5 Å². The van der Waals surface area contributed by atoms with Gasteiger partial charge in [-0.25, -0.2) is 4.90 Å². The average Bonchev–Trinajstić information content (AvgIpc) is 3.14. The Labute approximate surface area is 140 Å². The number of unbranched alkanes of at least 4 members (excludes halogenated alkanes) is 1. The number of ether oxygens (including phenoxy) is 2. The van der Waals surface area contributed by atoms with Crippen molar-refractivity contribution in [1.29, 1.82) is 0 Å². The van der Waals surface area contributed by atoms with Crippen molar-refractivity contribution in [3.63, 3.8) is 0 Å². The largest absolute Gasteiger partial charge is 0.623 e. The van der Waals surface area contributed by atoms with Crippen molar-refractivity contribution in [2.45, 2.75) is 25.9 Å². The topological polar surface area (TPSA) is 73.8 Å². The summed E-state index contributed by atoms with van der Waals surface area (Å²) in [6, 6.07) is 0. The van der Waals surface area contributed by atoms with Gasteiger partial charge in [-0.05, 0) is 13.5 Å². The zero-order valence-electron chi connectivity index (χ0n) is 13.8. The van der Waals surface area contributed by atoms with E-state index in [-0.39, 0.29) is 6.17 Å². The van der Waals surface area contributed by atoms with E-state index in [1.807, 2.05) is 7.05 Å². The third-order valence-electron chi connectivity index (χ3n) is 4.32. The van der Waals surface area contributed by atoms with Crippen LogP contribution in [-0.4, -0.2) is 79.3 Å². The van der Waals surface area contributed by atoms with Crippen LogP contribution in [0.1, 0.15) is 19.8 Å². The second-order valence-electron chi connectivity index (χ2n) is 6.16. The molecule has 2 saturated heterocycles. The lowest BCUT2D eigenvalue weighted by Gasteiger charge is -2.44. The zero-order valence-corrected chi connectivity index (χ0v) is 14.6. The Bertz CT molecular complexity index is 510. The third-order valence-corrected chi connectivity index (χ3v) is 5.27. The number of nitrogens with zero attached hydrogens (tertiary/aromatic N) is 5. The first-order valence-corrected chi connectivity index (χ1v) is 9.01. The molecule has 2 atom stereocenters. The summed E-state index contributed by atoms with van der Waals surface area (Å²) < 4.78 is 10.5. The molecule has 1 aromatic rings. The van der Waals surface area contributed by atoms with Crippen LogP contribution in [0.5, 0.6) is 5.19 Å². The Kier molecular flexibility index (Phi) is 5.45. The fourth-order valence-corrected chi connectivity index (χ4v) is 3.88. The highest BCUT2D eigenvalue weighted by Crippen LogP contribution is 2.37. The van der Waals surface area contributed by atoms with Gasteiger partial charge in [-0.1, -0.05) is 23.5 Å². The van der Waals surface area contributed by atoms with Crippen LogP contribution in [0.4, 0.5) is 5.13 Å². The van der Waals surface area contributed by atoms with Crippen LogP contribution in [0.2, 0.25) is 0 Å². The number of hydrogen-bond acceptors (Lipinski definition) is 8. The predicted octanol–water partition coefficient (Wildman–Crippen LogP) is 1.08. The number of morpholine rings is 1. The van der Waals surface area contributed by atoms with E-state index in [1.165, 1.54) is 11.3 Å². The van der Waals surface area contributed by atoms with Crippen molar-refractivity contribution < 1.29 is 9.47 Å². The molecular weight excluding hydrogens is 318 g/mol. The Morgan fingerprint density at radius 3 is 2.91 bits per heavy atom. The molecule has 0 aromatic carbocycles. The van der Waals surface area contributed by atoms with Gasteiger partial charge in [-0.3, -0.25) is 9.55 Å². The molecule has 23 heavy (non-hydrogen) atoms. The minimum Gasteiger partial charge on any atom is -0.623 e. The van der Waals surface area contributed by atoms with Gasteiger partial charge in [0.2, 0.25) is 0 Å². The monoisotopic (exact) mass is 343 g/mol. The smallest absolute Gasteiger partial charge is 0.312 e. The molecule has 0 radical (unpaired) electrons. The molecule has 2 aliphatic heterocycles. The lowest BCUT2D eigenvalue weighted by molar-refractivity contribution is -0.00410. The molecule has 2 aliphatic rings. The van der Waals surface area contributed by atoms with Gasteiger partial charge in [0.05, 0.1) is 26.4 Å². The van der Waals surface area contributed by atoms with Gasteiger partial charge < -0.3 is 14.7 Å². The summed E-state index contributed by atoms with van der Waals surface area (Å²) in [6.45, 7) is 6.81. The van der Waals surface area contributed by atoms with Crippen LogP contribution in [0.25, 0.3) is 0 Å². The SMILES string of the molecule is CCCCOc1nnc([N+]2([O-])CN(C)CC2N2CCOCC2)s1. The van der Waals surface area contributed by atoms with E-state index in [2.05, 4.69) is 26.9 Å². The summed E-state index contributed by atoms with van der Waals surface area (Å²) >= 11 is 1.28. The quantitative estimate of drug-likeness (QED) is 0.435. The molecule has 0 aliphatic carbocycles. The van der Waals surface area contributed by atoms with Crippen molar-refractivity contribution in [3.8, 4) is 5.19 Å². The summed E-state index contributed by atoms with van der Waals surface area (Å²) in [6.07, 6.45) is 1.89. The second kappa shape index (κ2) is 7.37. The van der Waals surface area contributed by atoms with E-state index in [1.54, 1.807) is 0 Å². The molecule has 3 heterocycles. The molecule has 3 rings (SSSR count). The van der Waals surface area contributed by atoms with Crippen molar-refractivity contribution in [2.24, 2.45) is 0 Å². The molecule has 0 amide bonds. The maximum Gasteiger partial charge on any atom is 0.312 e. The number of quaternary nitrogens is 1. The molecule has 2 fully saturated rings. The molecule has 130 valence electrons. The van der Waals surface area contributed by atoms with Gasteiger partial charge >= 0.3 is 5.13 Å². The van der Waals surface area contributed by atoms with Crippen LogP contribution in [0, 0.1) is 5.21 Å². The normalized spacial score (nSPS) is 30.0. The summed E-state index contributed by atoms with van der Waals surface area (Å²) in [5, 5.41) is 22.7. The third kappa shape index (κ3) is 3.65. The van der Waals surface area contributed by atoms with E-state index in [9.17, 15) is 5.21 Å². The number of hydroxylamine groups is 2. The first-order chi connectivity index (χ1) is 11.1. The maximum absolute atomic E-state index is 13.6. The first kappa shape index (κ1) is 17.0. The highest BCUT2D eigenvalue weighted by Gasteiger charge is 2.46. The molecule has 8 nitrogen and oxygen atoms in total. The molecule has 0 bridgehead atoms. The van der Waals surface area contributed by atoms with Crippen LogP contribution < -0.4 is 9.38 Å². The van der Waals surface area contributed by atoms with Gasteiger partial charge in [0.1, 0.15) is 6.67 Å². The standard InChI is InChI=1S/C14H25N5O3S/c1-3-4-7-22-14-16-15-13(23-14)19(20)11-17(2)10-12(19)18-5-8-21-9-6-18/h12H,3-11H2,1-2H3. The summed E-state index contributed by atoms with van der Waals surface area (Å²) in [7, 11) is 1.98. The molecular formula is C14H25N5O3S. The number of hydrogen-bond donors (Lipinski definition) is 0.